The first-order valence-electron chi connectivity index (χ1n) is 10.6. The Morgan fingerprint density at radius 3 is 2.61 bits per heavy atom. The van der Waals surface area contributed by atoms with Crippen LogP contribution >= 0.6 is 0 Å². The van der Waals surface area contributed by atoms with Crippen LogP contribution in [0.1, 0.15) is 25.2 Å². The number of hydrogen-bond donors (Lipinski definition) is 1. The highest BCUT2D eigenvalue weighted by Crippen LogP contribution is 2.28. The van der Waals surface area contributed by atoms with E-state index in [1.54, 1.807) is 19.3 Å². The second-order valence-corrected chi connectivity index (χ2v) is 6.97. The molecule has 2 aromatic heterocycles. The molecule has 1 aliphatic rings. The molecule has 8 heteroatoms. The molecule has 0 atom stereocenters. The van der Waals surface area contributed by atoms with E-state index in [2.05, 4.69) is 9.89 Å². The fraction of sp³-hybridized carbons (Fsp3) is 0.391. The van der Waals surface area contributed by atoms with Crippen LogP contribution in [0.15, 0.2) is 35.3 Å². The summed E-state index contributed by atoms with van der Waals surface area (Å²) < 4.78 is 7.51. The molecule has 4 rings (SSSR count). The summed E-state index contributed by atoms with van der Waals surface area (Å²) in [6, 6.07) is 7.93. The van der Waals surface area contributed by atoms with Crippen molar-refractivity contribution in [2.45, 2.75) is 20.8 Å². The molecule has 8 nitrogen and oxygen atoms in total. The molecular formula is C23H31N7O. The molecule has 0 amide bonds. The van der Waals surface area contributed by atoms with Gasteiger partial charge >= 0.3 is 0 Å². The molecule has 164 valence electrons. The first-order chi connectivity index (χ1) is 15.1. The normalized spacial score (nSPS) is 14.7. The number of ether oxygens (including phenoxy) is 1. The van der Waals surface area contributed by atoms with Crippen LogP contribution in [0, 0.1) is 6.92 Å². The standard InChI is InChI=1S/C21H25N7O.C2H6/c1-14-24-18-20(27(14)3)25-19(26-21(18)28-9-11-29-12-10-28)16-6-4-5-15(13-16)17(22)7-8-23-2;1-2/h4-8,13H,9-12,22H2,1-3H3;1-2H3/b17-7-,23-8?;. The number of aliphatic imine (C=N–C) groups is 1. The quantitative estimate of drug-likeness (QED) is 0.650. The van der Waals surface area contributed by atoms with Gasteiger partial charge in [-0.15, -0.1) is 0 Å². The highest BCUT2D eigenvalue weighted by molar-refractivity contribution is 5.87. The van der Waals surface area contributed by atoms with Crippen LogP contribution in [0.5, 0.6) is 0 Å². The molecule has 0 spiro atoms. The maximum absolute atomic E-state index is 6.19. The number of aromatic nitrogens is 4. The molecule has 0 radical (unpaired) electrons. The highest BCUT2D eigenvalue weighted by atomic mass is 16.5. The van der Waals surface area contributed by atoms with Crippen LogP contribution in [0.25, 0.3) is 28.2 Å². The van der Waals surface area contributed by atoms with E-state index in [0.717, 1.165) is 47.0 Å². The third-order valence-corrected chi connectivity index (χ3v) is 5.09. The second-order valence-electron chi connectivity index (χ2n) is 6.97. The Labute approximate surface area is 183 Å². The van der Waals surface area contributed by atoms with Crippen LogP contribution < -0.4 is 10.6 Å². The van der Waals surface area contributed by atoms with E-state index in [4.69, 9.17) is 25.4 Å². The maximum Gasteiger partial charge on any atom is 0.166 e. The Morgan fingerprint density at radius 1 is 1.16 bits per heavy atom. The summed E-state index contributed by atoms with van der Waals surface area (Å²) in [7, 11) is 3.69. The predicted molar refractivity (Wildman–Crippen MR) is 127 cm³/mol. The molecule has 1 saturated heterocycles. The zero-order chi connectivity index (χ0) is 22.4. The van der Waals surface area contributed by atoms with E-state index in [9.17, 15) is 0 Å². The van der Waals surface area contributed by atoms with E-state index in [-0.39, 0.29) is 0 Å². The first kappa shape index (κ1) is 22.4. The van der Waals surface area contributed by atoms with E-state index >= 15 is 0 Å². The fourth-order valence-corrected chi connectivity index (χ4v) is 3.37. The number of hydrogen-bond acceptors (Lipinski definition) is 7. The lowest BCUT2D eigenvalue weighted by Gasteiger charge is -2.28. The van der Waals surface area contributed by atoms with Crippen molar-refractivity contribution in [1.82, 2.24) is 19.5 Å². The van der Waals surface area contributed by atoms with Crippen LogP contribution in [0.3, 0.4) is 0 Å². The number of fused-ring (bicyclic) bond motifs is 1. The number of benzene rings is 1. The Balaban J connectivity index is 0.00000132. The second kappa shape index (κ2) is 10.2. The first-order valence-corrected chi connectivity index (χ1v) is 10.6. The van der Waals surface area contributed by atoms with Gasteiger partial charge in [-0.25, -0.2) is 15.0 Å². The summed E-state index contributed by atoms with van der Waals surface area (Å²) in [6.07, 6.45) is 3.46. The molecule has 0 bridgehead atoms. The minimum Gasteiger partial charge on any atom is -0.398 e. The lowest BCUT2D eigenvalue weighted by atomic mass is 10.1. The number of morpholine rings is 1. The van der Waals surface area contributed by atoms with E-state index < -0.39 is 0 Å². The van der Waals surface area contributed by atoms with Crippen molar-refractivity contribution in [3.05, 3.63) is 41.7 Å². The van der Waals surface area contributed by atoms with Gasteiger partial charge in [0.25, 0.3) is 0 Å². The van der Waals surface area contributed by atoms with E-state index in [1.165, 1.54) is 0 Å². The molecular weight excluding hydrogens is 390 g/mol. The minimum atomic E-state index is 0.642. The summed E-state index contributed by atoms with van der Waals surface area (Å²) in [4.78, 5) is 20.6. The number of rotatable bonds is 4. The molecule has 1 aromatic carbocycles. The Morgan fingerprint density at radius 2 is 1.90 bits per heavy atom. The lowest BCUT2D eigenvalue weighted by molar-refractivity contribution is 0.122. The van der Waals surface area contributed by atoms with Crippen LogP contribution in [-0.2, 0) is 11.8 Å². The van der Waals surface area contributed by atoms with Crippen molar-refractivity contribution < 1.29 is 4.74 Å². The highest BCUT2D eigenvalue weighted by Gasteiger charge is 2.21. The number of aryl methyl sites for hydroxylation is 2. The zero-order valence-corrected chi connectivity index (χ0v) is 19.0. The van der Waals surface area contributed by atoms with Crippen molar-refractivity contribution in [3.63, 3.8) is 0 Å². The topological polar surface area (TPSA) is 94.5 Å². The molecule has 0 aliphatic carbocycles. The number of allylic oxidation sites excluding steroid dienone is 1. The smallest absolute Gasteiger partial charge is 0.166 e. The number of nitrogens with zero attached hydrogens (tertiary/aromatic N) is 6. The van der Waals surface area contributed by atoms with Gasteiger partial charge in [0.1, 0.15) is 5.82 Å². The van der Waals surface area contributed by atoms with Gasteiger partial charge in [0.15, 0.2) is 22.8 Å². The van der Waals surface area contributed by atoms with Gasteiger partial charge in [0.05, 0.1) is 13.2 Å². The molecule has 3 heterocycles. The summed E-state index contributed by atoms with van der Waals surface area (Å²) in [5, 5.41) is 0. The van der Waals surface area contributed by atoms with Gasteiger partial charge in [0.2, 0.25) is 0 Å². The molecule has 1 aliphatic heterocycles. The zero-order valence-electron chi connectivity index (χ0n) is 19.0. The number of nitrogens with two attached hydrogens (primary N) is 1. The molecule has 0 unspecified atom stereocenters. The summed E-state index contributed by atoms with van der Waals surface area (Å²) >= 11 is 0. The Bertz CT molecular complexity index is 1090. The van der Waals surface area contributed by atoms with E-state index in [1.807, 2.05) is 56.7 Å². The van der Waals surface area contributed by atoms with E-state index in [0.29, 0.717) is 24.7 Å². The van der Waals surface area contributed by atoms with Crippen molar-refractivity contribution in [1.29, 1.82) is 0 Å². The molecule has 31 heavy (non-hydrogen) atoms. The molecule has 2 N–H and O–H groups in total. The van der Waals surface area contributed by atoms with Crippen molar-refractivity contribution in [3.8, 4) is 11.4 Å². The summed E-state index contributed by atoms with van der Waals surface area (Å²) in [6.45, 7) is 8.91. The SMILES string of the molecule is CC.CN=C/C=C(\N)c1cccc(-c2nc(N3CCOCC3)c3nc(C)n(C)c3n2)c1. The largest absolute Gasteiger partial charge is 0.398 e. The Hall–Kier alpha value is -3.26. The monoisotopic (exact) mass is 421 g/mol. The average molecular weight is 422 g/mol. The van der Waals surface area contributed by atoms with Gasteiger partial charge in [-0.2, -0.15) is 0 Å². The summed E-state index contributed by atoms with van der Waals surface area (Å²) in [5.41, 5.74) is 10.3. The van der Waals surface area contributed by atoms with Gasteiger partial charge in [-0.3, -0.25) is 4.99 Å². The van der Waals surface area contributed by atoms with Gasteiger partial charge in [0, 0.05) is 44.7 Å². The van der Waals surface area contributed by atoms with Gasteiger partial charge in [-0.1, -0.05) is 32.0 Å². The number of anilines is 1. The van der Waals surface area contributed by atoms with Crippen molar-refractivity contribution >= 4 is 28.9 Å². The van der Waals surface area contributed by atoms with Crippen LogP contribution in [-0.4, -0.2) is 59.1 Å². The average Bonchev–Trinajstić information content (AvgIpc) is 3.12. The van der Waals surface area contributed by atoms with Crippen molar-refractivity contribution in [2.24, 2.45) is 17.8 Å². The fourth-order valence-electron chi connectivity index (χ4n) is 3.37. The maximum atomic E-state index is 6.19. The van der Waals surface area contributed by atoms with Crippen molar-refractivity contribution in [2.75, 3.05) is 38.3 Å². The van der Waals surface area contributed by atoms with Crippen LogP contribution in [0.4, 0.5) is 5.82 Å². The predicted octanol–water partition coefficient (Wildman–Crippen LogP) is 3.20. The lowest BCUT2D eigenvalue weighted by Crippen LogP contribution is -2.37. The molecule has 1 fully saturated rings. The van der Waals surface area contributed by atoms with Crippen LogP contribution in [0.2, 0.25) is 0 Å². The molecule has 3 aromatic rings. The van der Waals surface area contributed by atoms with Gasteiger partial charge in [-0.05, 0) is 24.6 Å². The summed E-state index contributed by atoms with van der Waals surface area (Å²) in [5.74, 6) is 2.41. The Kier molecular flexibility index (Phi) is 7.36. The van der Waals surface area contributed by atoms with Gasteiger partial charge < -0.3 is 19.9 Å². The third-order valence-electron chi connectivity index (χ3n) is 5.09. The molecule has 0 saturated carbocycles. The minimum absolute atomic E-state index is 0.642. The third kappa shape index (κ3) is 4.74. The number of imidazole rings is 1.